The maximum absolute atomic E-state index is 11.7. The van der Waals surface area contributed by atoms with Gasteiger partial charge in [-0.3, -0.25) is 4.79 Å². The van der Waals surface area contributed by atoms with E-state index in [1.807, 2.05) is 13.8 Å². The third-order valence-corrected chi connectivity index (χ3v) is 5.07. The number of rotatable bonds is 5. The smallest absolute Gasteiger partial charge is 0.248 e. The van der Waals surface area contributed by atoms with E-state index in [1.165, 1.54) is 6.92 Å². The molecule has 0 spiro atoms. The van der Waals surface area contributed by atoms with Crippen LogP contribution in [0.4, 0.5) is 11.6 Å². The van der Waals surface area contributed by atoms with E-state index in [2.05, 4.69) is 26.3 Å². The molecule has 2 heterocycles. The summed E-state index contributed by atoms with van der Waals surface area (Å²) in [5.41, 5.74) is 4.60. The number of aromatic nitrogens is 3. The van der Waals surface area contributed by atoms with Crippen molar-refractivity contribution in [2.24, 2.45) is 0 Å². The van der Waals surface area contributed by atoms with Gasteiger partial charge in [0.25, 0.3) is 0 Å². The van der Waals surface area contributed by atoms with Gasteiger partial charge in [0.05, 0.1) is 16.7 Å². The lowest BCUT2D eigenvalue weighted by atomic mass is 10.0. The molecule has 0 bridgehead atoms. The highest BCUT2D eigenvalue weighted by Gasteiger charge is 2.17. The molecule has 154 valence electrons. The van der Waals surface area contributed by atoms with E-state index in [-0.39, 0.29) is 5.78 Å². The number of aryl methyl sites for hydroxylation is 2. The highest BCUT2D eigenvalue weighted by molar-refractivity contribution is 6.35. The van der Waals surface area contributed by atoms with E-state index in [4.69, 9.17) is 21.6 Å². The molecule has 7 nitrogen and oxygen atoms in total. The van der Waals surface area contributed by atoms with E-state index in [0.29, 0.717) is 50.4 Å². The monoisotopic (exact) mass is 431 g/mol. The Hall–Kier alpha value is -3.89. The van der Waals surface area contributed by atoms with Crippen LogP contribution in [-0.2, 0) is 0 Å². The molecule has 0 amide bonds. The molecule has 0 aliphatic carbocycles. The number of nitrogens with one attached hydrogen (secondary N) is 2. The Morgan fingerprint density at radius 2 is 1.84 bits per heavy atom. The van der Waals surface area contributed by atoms with Crippen molar-refractivity contribution in [3.63, 3.8) is 0 Å². The Balaban J connectivity index is 1.75. The number of carbonyl (C=O) groups excluding carboxylic acids is 1. The van der Waals surface area contributed by atoms with Crippen LogP contribution < -0.4 is 10.1 Å². The first-order chi connectivity index (χ1) is 14.9. The van der Waals surface area contributed by atoms with Gasteiger partial charge in [-0.2, -0.15) is 10.2 Å². The van der Waals surface area contributed by atoms with E-state index in [1.54, 1.807) is 42.6 Å². The van der Waals surface area contributed by atoms with Gasteiger partial charge in [0.2, 0.25) is 11.8 Å². The average molecular weight is 432 g/mol. The van der Waals surface area contributed by atoms with Gasteiger partial charge in [-0.05, 0) is 68.3 Å². The minimum atomic E-state index is -0.00720. The summed E-state index contributed by atoms with van der Waals surface area (Å²) in [6.07, 6.45) is 1.62. The van der Waals surface area contributed by atoms with Crippen molar-refractivity contribution in [3.05, 3.63) is 69.9 Å². The van der Waals surface area contributed by atoms with Crippen molar-refractivity contribution in [1.29, 1.82) is 5.26 Å². The van der Waals surface area contributed by atoms with Crippen LogP contribution >= 0.6 is 11.6 Å². The van der Waals surface area contributed by atoms with Crippen LogP contribution in [-0.4, -0.2) is 20.7 Å². The molecular formula is C23H18ClN5O2. The number of anilines is 2. The second-order valence-corrected chi connectivity index (χ2v) is 7.53. The van der Waals surface area contributed by atoms with Crippen LogP contribution in [0, 0.1) is 25.2 Å². The minimum Gasteiger partial charge on any atom is -0.436 e. The highest BCUT2D eigenvalue weighted by atomic mass is 35.5. The number of hydrogen-bond acceptors (Lipinski definition) is 6. The number of nitriles is 1. The van der Waals surface area contributed by atoms with E-state index >= 15 is 0 Å². The summed E-state index contributed by atoms with van der Waals surface area (Å²) in [5.74, 6) is 1.20. The fourth-order valence-corrected chi connectivity index (χ4v) is 3.44. The SMILES string of the molecule is CC(=O)c1cc(C)c(Oc2nc(Nc3ccc(C#N)cc3)nc3c(Cl)c[nH]c23)c(C)c1. The second-order valence-electron chi connectivity index (χ2n) is 7.12. The Morgan fingerprint density at radius 3 is 2.45 bits per heavy atom. The molecule has 0 unspecified atom stereocenters. The van der Waals surface area contributed by atoms with Crippen LogP contribution in [0.3, 0.4) is 0 Å². The van der Waals surface area contributed by atoms with Crippen molar-refractivity contribution in [2.45, 2.75) is 20.8 Å². The largest absolute Gasteiger partial charge is 0.436 e. The van der Waals surface area contributed by atoms with Gasteiger partial charge >= 0.3 is 0 Å². The van der Waals surface area contributed by atoms with Crippen LogP contribution in [0.1, 0.15) is 34.0 Å². The lowest BCUT2D eigenvalue weighted by Crippen LogP contribution is -2.02. The zero-order valence-electron chi connectivity index (χ0n) is 17.1. The molecular weight excluding hydrogens is 414 g/mol. The summed E-state index contributed by atoms with van der Waals surface area (Å²) in [4.78, 5) is 23.8. The van der Waals surface area contributed by atoms with Gasteiger partial charge in [-0.1, -0.05) is 11.6 Å². The molecule has 0 radical (unpaired) electrons. The number of ketones is 1. The van der Waals surface area contributed by atoms with E-state index in [0.717, 1.165) is 11.1 Å². The van der Waals surface area contributed by atoms with Crippen LogP contribution in [0.2, 0.25) is 5.02 Å². The van der Waals surface area contributed by atoms with Crippen molar-refractivity contribution >= 4 is 40.1 Å². The predicted octanol–water partition coefficient (Wildman–Crippen LogP) is 5.84. The Bertz CT molecular complexity index is 1330. The quantitative estimate of drug-likeness (QED) is 0.385. The van der Waals surface area contributed by atoms with Crippen molar-refractivity contribution in [3.8, 4) is 17.7 Å². The van der Waals surface area contributed by atoms with Gasteiger partial charge in [0.15, 0.2) is 5.78 Å². The average Bonchev–Trinajstić information content (AvgIpc) is 3.12. The van der Waals surface area contributed by atoms with Crippen LogP contribution in [0.25, 0.3) is 11.0 Å². The molecule has 31 heavy (non-hydrogen) atoms. The molecule has 4 aromatic rings. The third kappa shape index (κ3) is 4.06. The number of hydrogen-bond donors (Lipinski definition) is 2. The number of nitrogens with zero attached hydrogens (tertiary/aromatic N) is 3. The number of H-pyrrole nitrogens is 1. The van der Waals surface area contributed by atoms with Gasteiger partial charge in [0.1, 0.15) is 16.8 Å². The number of fused-ring (bicyclic) bond motifs is 1. The number of benzene rings is 2. The van der Waals surface area contributed by atoms with E-state index in [9.17, 15) is 4.79 Å². The van der Waals surface area contributed by atoms with Gasteiger partial charge in [-0.15, -0.1) is 0 Å². The number of halogens is 1. The molecule has 0 aliphatic rings. The first-order valence-electron chi connectivity index (χ1n) is 9.47. The fourth-order valence-electron chi connectivity index (χ4n) is 3.25. The van der Waals surface area contributed by atoms with Crippen LogP contribution in [0.5, 0.6) is 11.6 Å². The molecule has 0 fully saturated rings. The number of Topliss-reactive ketones (excluding diaryl/α,β-unsaturated/α-hetero) is 1. The zero-order valence-corrected chi connectivity index (χ0v) is 17.8. The maximum atomic E-state index is 11.7. The van der Waals surface area contributed by atoms with Gasteiger partial charge in [-0.25, -0.2) is 4.98 Å². The Labute approximate surface area is 183 Å². The van der Waals surface area contributed by atoms with Gasteiger partial charge in [0, 0.05) is 17.4 Å². The summed E-state index contributed by atoms with van der Waals surface area (Å²) >= 11 is 6.30. The van der Waals surface area contributed by atoms with Crippen LogP contribution in [0.15, 0.2) is 42.6 Å². The highest BCUT2D eigenvalue weighted by Crippen LogP contribution is 2.35. The normalized spacial score (nSPS) is 10.7. The van der Waals surface area contributed by atoms with Crippen molar-refractivity contribution in [2.75, 3.05) is 5.32 Å². The first-order valence-corrected chi connectivity index (χ1v) is 9.85. The summed E-state index contributed by atoms with van der Waals surface area (Å²) in [5, 5.41) is 12.5. The summed E-state index contributed by atoms with van der Waals surface area (Å²) in [6, 6.07) is 12.6. The maximum Gasteiger partial charge on any atom is 0.248 e. The Morgan fingerprint density at radius 1 is 1.16 bits per heavy atom. The number of aromatic amines is 1. The molecule has 4 rings (SSSR count). The molecule has 2 aromatic carbocycles. The molecule has 0 aliphatic heterocycles. The summed E-state index contributed by atoms with van der Waals surface area (Å²) in [6.45, 7) is 5.29. The standard InChI is InChI=1S/C23H18ClN5O2/c1-12-8-16(14(3)30)9-13(2)21(12)31-22-20-19(18(24)11-26-20)28-23(29-22)27-17-6-4-15(10-25)5-7-17/h4-9,11,26H,1-3H3,(H,27,28,29). The molecule has 2 N–H and O–H groups in total. The summed E-state index contributed by atoms with van der Waals surface area (Å²) in [7, 11) is 0. The molecule has 0 saturated carbocycles. The second kappa shape index (κ2) is 8.09. The first kappa shape index (κ1) is 20.4. The minimum absolute atomic E-state index is 0.00720. The topological polar surface area (TPSA) is 104 Å². The molecule has 2 aromatic heterocycles. The molecule has 8 heteroatoms. The predicted molar refractivity (Wildman–Crippen MR) is 119 cm³/mol. The van der Waals surface area contributed by atoms with Crippen molar-refractivity contribution in [1.82, 2.24) is 15.0 Å². The number of ether oxygens (including phenoxy) is 1. The van der Waals surface area contributed by atoms with Crippen molar-refractivity contribution < 1.29 is 9.53 Å². The molecule has 0 atom stereocenters. The molecule has 0 saturated heterocycles. The van der Waals surface area contributed by atoms with Gasteiger partial charge < -0.3 is 15.0 Å². The lowest BCUT2D eigenvalue weighted by molar-refractivity contribution is 0.101. The third-order valence-electron chi connectivity index (χ3n) is 4.78. The number of carbonyl (C=O) groups is 1. The summed E-state index contributed by atoms with van der Waals surface area (Å²) < 4.78 is 6.18. The Kier molecular flexibility index (Phi) is 5.32. The van der Waals surface area contributed by atoms with E-state index < -0.39 is 0 Å². The fraction of sp³-hybridized carbons (Fsp3) is 0.130. The zero-order chi connectivity index (χ0) is 22.1. The lowest BCUT2D eigenvalue weighted by Gasteiger charge is -2.14.